The number of carbonyl (C=O) groups excluding carboxylic acids is 1. The molecule has 2 heterocycles. The summed E-state index contributed by atoms with van der Waals surface area (Å²) in [7, 11) is -3.33. The first-order chi connectivity index (χ1) is 9.90. The Hall–Kier alpha value is -1.90. The summed E-state index contributed by atoms with van der Waals surface area (Å²) in [5.41, 5.74) is -0.0730. The number of aromatic carboxylic acids is 1. The first-order valence-corrected chi connectivity index (χ1v) is 8.36. The van der Waals surface area contributed by atoms with Gasteiger partial charge in [0.1, 0.15) is 5.25 Å². The Labute approximate surface area is 122 Å². The molecule has 0 bridgehead atoms. The number of amides is 1. The van der Waals surface area contributed by atoms with Crippen molar-refractivity contribution in [3.8, 4) is 0 Å². The Balaban J connectivity index is 1.85. The summed E-state index contributed by atoms with van der Waals surface area (Å²) < 4.78 is 25.1. The Kier molecular flexibility index (Phi) is 4.61. The van der Waals surface area contributed by atoms with Crippen LogP contribution in [0, 0.1) is 0 Å². The van der Waals surface area contributed by atoms with E-state index in [1.807, 2.05) is 0 Å². The van der Waals surface area contributed by atoms with Gasteiger partial charge in [-0.25, -0.2) is 18.2 Å². The molecular formula is C12H17N3O5S. The maximum absolute atomic E-state index is 11.9. The van der Waals surface area contributed by atoms with Crippen LogP contribution >= 0.6 is 0 Å². The standard InChI is InChI=1S/C12H17N3O5S/c16-11(10-3-1-2-6-21(10,19)20)13-4-5-15-7-9(12(17)18)14-8-15/h7-8,10H,1-6H2,(H,13,16)(H,17,18). The number of hydrogen-bond donors (Lipinski definition) is 2. The van der Waals surface area contributed by atoms with E-state index in [0.717, 1.165) is 6.42 Å². The highest BCUT2D eigenvalue weighted by atomic mass is 32.2. The van der Waals surface area contributed by atoms with E-state index in [2.05, 4.69) is 10.3 Å². The van der Waals surface area contributed by atoms with Crippen molar-refractivity contribution in [3.05, 3.63) is 18.2 Å². The van der Waals surface area contributed by atoms with Crippen molar-refractivity contribution in [1.82, 2.24) is 14.9 Å². The second-order valence-corrected chi connectivity index (χ2v) is 7.25. The van der Waals surface area contributed by atoms with Crippen LogP contribution < -0.4 is 5.32 Å². The lowest BCUT2D eigenvalue weighted by molar-refractivity contribution is -0.120. The van der Waals surface area contributed by atoms with Gasteiger partial charge in [-0.3, -0.25) is 4.79 Å². The van der Waals surface area contributed by atoms with Crippen molar-refractivity contribution in [2.45, 2.75) is 31.1 Å². The molecule has 21 heavy (non-hydrogen) atoms. The molecule has 0 radical (unpaired) electrons. The second kappa shape index (κ2) is 6.25. The van der Waals surface area contributed by atoms with Crippen LogP contribution in [-0.2, 0) is 21.2 Å². The van der Waals surface area contributed by atoms with E-state index in [1.165, 1.54) is 17.1 Å². The molecule has 1 aliphatic rings. The predicted molar refractivity (Wildman–Crippen MR) is 73.6 cm³/mol. The molecule has 1 amide bonds. The number of nitrogens with zero attached hydrogens (tertiary/aromatic N) is 2. The SMILES string of the molecule is O=C(O)c1cn(CCNC(=O)C2CCCCS2(=O)=O)cn1. The van der Waals surface area contributed by atoms with Crippen LogP contribution in [0.25, 0.3) is 0 Å². The maximum atomic E-state index is 11.9. The summed E-state index contributed by atoms with van der Waals surface area (Å²) in [5.74, 6) is -1.53. The Morgan fingerprint density at radius 3 is 2.81 bits per heavy atom. The lowest BCUT2D eigenvalue weighted by Crippen LogP contribution is -2.43. The smallest absolute Gasteiger partial charge is 0.356 e. The van der Waals surface area contributed by atoms with E-state index in [4.69, 9.17) is 5.11 Å². The highest BCUT2D eigenvalue weighted by molar-refractivity contribution is 7.92. The highest BCUT2D eigenvalue weighted by Gasteiger charge is 2.34. The summed E-state index contributed by atoms with van der Waals surface area (Å²) in [6.07, 6.45) is 4.42. The van der Waals surface area contributed by atoms with Gasteiger partial charge in [0, 0.05) is 19.3 Å². The fraction of sp³-hybridized carbons (Fsp3) is 0.583. The molecule has 2 N–H and O–H groups in total. The molecule has 116 valence electrons. The molecule has 1 saturated heterocycles. The molecule has 8 nitrogen and oxygen atoms in total. The van der Waals surface area contributed by atoms with Gasteiger partial charge in [0.25, 0.3) is 0 Å². The van der Waals surface area contributed by atoms with Crippen molar-refractivity contribution < 1.29 is 23.1 Å². The number of carboxylic acids is 1. The van der Waals surface area contributed by atoms with Crippen LogP contribution in [0.5, 0.6) is 0 Å². The van der Waals surface area contributed by atoms with Gasteiger partial charge in [0.2, 0.25) is 5.91 Å². The number of aromatic nitrogens is 2. The Bertz CT molecular complexity index is 637. The molecule has 0 spiro atoms. The third-order valence-corrected chi connectivity index (χ3v) is 5.57. The topological polar surface area (TPSA) is 118 Å². The lowest BCUT2D eigenvalue weighted by atomic mass is 10.2. The van der Waals surface area contributed by atoms with E-state index in [-0.39, 0.29) is 18.0 Å². The van der Waals surface area contributed by atoms with Crippen molar-refractivity contribution in [1.29, 1.82) is 0 Å². The molecule has 1 aromatic rings. The second-order valence-electron chi connectivity index (χ2n) is 4.94. The summed E-state index contributed by atoms with van der Waals surface area (Å²) in [6, 6.07) is 0. The van der Waals surface area contributed by atoms with Gasteiger partial charge >= 0.3 is 5.97 Å². The zero-order chi connectivity index (χ0) is 15.5. The first-order valence-electron chi connectivity index (χ1n) is 6.64. The minimum absolute atomic E-state index is 0.0641. The van der Waals surface area contributed by atoms with Gasteiger partial charge in [-0.2, -0.15) is 0 Å². The molecule has 0 aliphatic carbocycles. The third kappa shape index (κ3) is 3.81. The molecule has 0 saturated carbocycles. The number of hydrogen-bond acceptors (Lipinski definition) is 5. The molecule has 9 heteroatoms. The van der Waals surface area contributed by atoms with Crippen LogP contribution in [0.4, 0.5) is 0 Å². The quantitative estimate of drug-likeness (QED) is 0.767. The number of rotatable bonds is 5. The fourth-order valence-corrected chi connectivity index (χ4v) is 4.09. The van der Waals surface area contributed by atoms with E-state index in [1.54, 1.807) is 0 Å². The Morgan fingerprint density at radius 2 is 2.19 bits per heavy atom. The van der Waals surface area contributed by atoms with E-state index in [9.17, 15) is 18.0 Å². The summed E-state index contributed by atoms with van der Waals surface area (Å²) in [4.78, 5) is 26.3. The van der Waals surface area contributed by atoms with Gasteiger partial charge < -0.3 is 15.0 Å². The molecule has 2 rings (SSSR count). The predicted octanol–water partition coefficient (Wildman–Crippen LogP) is -0.335. The van der Waals surface area contributed by atoms with Crippen LogP contribution in [0.15, 0.2) is 12.5 Å². The van der Waals surface area contributed by atoms with Crippen molar-refractivity contribution in [2.75, 3.05) is 12.3 Å². The van der Waals surface area contributed by atoms with Crippen LogP contribution in [0.2, 0.25) is 0 Å². The number of carbonyl (C=O) groups is 2. The molecule has 1 fully saturated rings. The zero-order valence-corrected chi connectivity index (χ0v) is 12.2. The average molecular weight is 315 g/mol. The molecule has 1 aromatic heterocycles. The minimum atomic E-state index is -3.33. The van der Waals surface area contributed by atoms with Gasteiger partial charge in [-0.05, 0) is 12.8 Å². The zero-order valence-electron chi connectivity index (χ0n) is 11.4. The minimum Gasteiger partial charge on any atom is -0.476 e. The van der Waals surface area contributed by atoms with E-state index >= 15 is 0 Å². The van der Waals surface area contributed by atoms with Crippen LogP contribution in [0.1, 0.15) is 29.8 Å². The number of imidazole rings is 1. The van der Waals surface area contributed by atoms with E-state index in [0.29, 0.717) is 19.4 Å². The molecular weight excluding hydrogens is 298 g/mol. The van der Waals surface area contributed by atoms with Gasteiger partial charge in [0.15, 0.2) is 15.5 Å². The number of carboxylic acid groups (broad SMARTS) is 1. The Morgan fingerprint density at radius 1 is 1.43 bits per heavy atom. The molecule has 0 aromatic carbocycles. The normalized spacial score (nSPS) is 20.9. The summed E-state index contributed by atoms with van der Waals surface area (Å²) in [5, 5.41) is 10.4. The van der Waals surface area contributed by atoms with Crippen LogP contribution in [0.3, 0.4) is 0 Å². The van der Waals surface area contributed by atoms with Gasteiger partial charge in [0.05, 0.1) is 12.1 Å². The maximum Gasteiger partial charge on any atom is 0.356 e. The molecule has 1 unspecified atom stereocenters. The van der Waals surface area contributed by atoms with Crippen molar-refractivity contribution >= 4 is 21.7 Å². The lowest BCUT2D eigenvalue weighted by Gasteiger charge is -2.21. The molecule has 1 aliphatic heterocycles. The van der Waals surface area contributed by atoms with Crippen molar-refractivity contribution in [2.24, 2.45) is 0 Å². The fourth-order valence-electron chi connectivity index (χ4n) is 2.26. The number of nitrogens with one attached hydrogen (secondary N) is 1. The van der Waals surface area contributed by atoms with Crippen molar-refractivity contribution in [3.63, 3.8) is 0 Å². The highest BCUT2D eigenvalue weighted by Crippen LogP contribution is 2.19. The van der Waals surface area contributed by atoms with E-state index < -0.39 is 27.0 Å². The van der Waals surface area contributed by atoms with Crippen LogP contribution in [-0.4, -0.2) is 52.5 Å². The van der Waals surface area contributed by atoms with Gasteiger partial charge in [-0.1, -0.05) is 6.42 Å². The number of sulfone groups is 1. The average Bonchev–Trinajstić information content (AvgIpc) is 2.87. The summed E-state index contributed by atoms with van der Waals surface area (Å²) in [6.45, 7) is 0.555. The molecule has 1 atom stereocenters. The largest absolute Gasteiger partial charge is 0.476 e. The summed E-state index contributed by atoms with van der Waals surface area (Å²) >= 11 is 0. The third-order valence-electron chi connectivity index (χ3n) is 3.39. The van der Waals surface area contributed by atoms with Gasteiger partial charge in [-0.15, -0.1) is 0 Å². The first kappa shape index (κ1) is 15.5. The monoisotopic (exact) mass is 315 g/mol.